The van der Waals surface area contributed by atoms with Crippen LogP contribution in [0.3, 0.4) is 0 Å². The summed E-state index contributed by atoms with van der Waals surface area (Å²) in [7, 11) is 0. The molecule has 0 radical (unpaired) electrons. The van der Waals surface area contributed by atoms with Crippen molar-refractivity contribution in [1.82, 2.24) is 4.90 Å². The second kappa shape index (κ2) is 10.1. The first kappa shape index (κ1) is 20.1. The Bertz CT molecular complexity index is 846. The van der Waals surface area contributed by atoms with Gasteiger partial charge >= 0.3 is 0 Å². The highest BCUT2D eigenvalue weighted by atomic mass is 16.5. The molecule has 1 atom stereocenters. The highest BCUT2D eigenvalue weighted by Gasteiger charge is 2.14. The zero-order valence-electron chi connectivity index (χ0n) is 16.7. The van der Waals surface area contributed by atoms with Crippen LogP contribution in [-0.2, 0) is 13.1 Å². The van der Waals surface area contributed by atoms with Crippen LogP contribution >= 0.6 is 0 Å². The van der Waals surface area contributed by atoms with Crippen LogP contribution in [0.25, 0.3) is 0 Å². The van der Waals surface area contributed by atoms with E-state index in [1.165, 1.54) is 16.7 Å². The molecule has 0 unspecified atom stereocenters. The number of rotatable bonds is 9. The molecule has 3 aromatic carbocycles. The summed E-state index contributed by atoms with van der Waals surface area (Å²) in [6, 6.07) is 26.9. The third-order valence-electron chi connectivity index (χ3n) is 4.77. The molecule has 0 spiro atoms. The number of para-hydroxylation sites is 1. The van der Waals surface area contributed by atoms with E-state index >= 15 is 0 Å². The molecule has 0 aliphatic heterocycles. The number of hydrogen-bond acceptors (Lipinski definition) is 3. The average Bonchev–Trinajstić information content (AvgIpc) is 2.70. The first-order valence-corrected chi connectivity index (χ1v) is 9.78. The number of ether oxygens (including phenoxy) is 1. The fourth-order valence-corrected chi connectivity index (χ4v) is 3.23. The lowest BCUT2D eigenvalue weighted by Crippen LogP contribution is -2.35. The van der Waals surface area contributed by atoms with E-state index in [-0.39, 0.29) is 6.61 Å². The second-order valence-corrected chi connectivity index (χ2v) is 7.37. The molecular formula is C25H29NO2. The number of benzene rings is 3. The van der Waals surface area contributed by atoms with E-state index in [4.69, 9.17) is 4.74 Å². The highest BCUT2D eigenvalue weighted by molar-refractivity contribution is 5.31. The topological polar surface area (TPSA) is 32.7 Å². The molecule has 3 aromatic rings. The quantitative estimate of drug-likeness (QED) is 0.586. The molecule has 0 aliphatic rings. The van der Waals surface area contributed by atoms with Gasteiger partial charge in [-0.3, -0.25) is 4.90 Å². The van der Waals surface area contributed by atoms with Crippen LogP contribution in [-0.4, -0.2) is 29.3 Å². The van der Waals surface area contributed by atoms with Crippen molar-refractivity contribution in [2.45, 2.75) is 33.0 Å². The van der Waals surface area contributed by atoms with Crippen molar-refractivity contribution in [3.05, 3.63) is 101 Å². The SMILES string of the molecule is Cc1ccc(CN(Cc2ccccc2)C[C@H](O)COc2ccccc2C)cc1. The van der Waals surface area contributed by atoms with E-state index < -0.39 is 6.10 Å². The third-order valence-corrected chi connectivity index (χ3v) is 4.77. The summed E-state index contributed by atoms with van der Waals surface area (Å²) in [5.41, 5.74) is 4.82. The summed E-state index contributed by atoms with van der Waals surface area (Å²) >= 11 is 0. The minimum atomic E-state index is -0.561. The number of aryl methyl sites for hydroxylation is 2. The zero-order chi connectivity index (χ0) is 19.8. The Labute approximate surface area is 168 Å². The van der Waals surface area contributed by atoms with Crippen LogP contribution in [0.4, 0.5) is 0 Å². The minimum absolute atomic E-state index is 0.282. The highest BCUT2D eigenvalue weighted by Crippen LogP contribution is 2.17. The molecule has 28 heavy (non-hydrogen) atoms. The molecular weight excluding hydrogens is 346 g/mol. The molecule has 3 heteroatoms. The van der Waals surface area contributed by atoms with Gasteiger partial charge in [0.15, 0.2) is 0 Å². The Balaban J connectivity index is 1.63. The van der Waals surface area contributed by atoms with Gasteiger partial charge < -0.3 is 9.84 Å². The van der Waals surface area contributed by atoms with Gasteiger partial charge in [0, 0.05) is 19.6 Å². The molecule has 1 N–H and O–H groups in total. The lowest BCUT2D eigenvalue weighted by molar-refractivity contribution is 0.0626. The van der Waals surface area contributed by atoms with Crippen molar-refractivity contribution in [1.29, 1.82) is 0 Å². The van der Waals surface area contributed by atoms with E-state index in [1.54, 1.807) is 0 Å². The normalized spacial score (nSPS) is 12.1. The van der Waals surface area contributed by atoms with Gasteiger partial charge in [-0.05, 0) is 36.6 Å². The molecule has 0 bridgehead atoms. The van der Waals surface area contributed by atoms with Crippen LogP contribution in [0.5, 0.6) is 5.75 Å². The Morgan fingerprint density at radius 1 is 0.786 bits per heavy atom. The van der Waals surface area contributed by atoms with Crippen LogP contribution in [0.15, 0.2) is 78.9 Å². The van der Waals surface area contributed by atoms with Gasteiger partial charge in [-0.2, -0.15) is 0 Å². The standard InChI is InChI=1S/C25H29NO2/c1-20-12-14-23(15-13-20)17-26(16-22-9-4-3-5-10-22)18-24(27)19-28-25-11-7-6-8-21(25)2/h3-15,24,27H,16-19H2,1-2H3/t24-/m0/s1. The van der Waals surface area contributed by atoms with Crippen molar-refractivity contribution in [2.24, 2.45) is 0 Å². The molecule has 0 heterocycles. The maximum absolute atomic E-state index is 10.6. The summed E-state index contributed by atoms with van der Waals surface area (Å²) in [5.74, 6) is 0.828. The molecule has 0 aromatic heterocycles. The summed E-state index contributed by atoms with van der Waals surface area (Å²) in [6.45, 7) is 6.52. The predicted molar refractivity (Wildman–Crippen MR) is 114 cm³/mol. The summed E-state index contributed by atoms with van der Waals surface area (Å²) in [6.07, 6.45) is -0.561. The van der Waals surface area contributed by atoms with Crippen LogP contribution in [0.1, 0.15) is 22.3 Å². The third kappa shape index (κ3) is 6.22. The van der Waals surface area contributed by atoms with Gasteiger partial charge in [0.2, 0.25) is 0 Å². The van der Waals surface area contributed by atoms with E-state index in [9.17, 15) is 5.11 Å². The van der Waals surface area contributed by atoms with Gasteiger partial charge in [-0.1, -0.05) is 78.4 Å². The second-order valence-electron chi connectivity index (χ2n) is 7.37. The van der Waals surface area contributed by atoms with Crippen LogP contribution in [0, 0.1) is 13.8 Å². The number of aliphatic hydroxyl groups excluding tert-OH is 1. The monoisotopic (exact) mass is 375 g/mol. The fraction of sp³-hybridized carbons (Fsp3) is 0.280. The average molecular weight is 376 g/mol. The van der Waals surface area contributed by atoms with Crippen LogP contribution in [0.2, 0.25) is 0 Å². The van der Waals surface area contributed by atoms with Gasteiger partial charge in [0.05, 0.1) is 0 Å². The first-order valence-electron chi connectivity index (χ1n) is 9.78. The molecule has 0 saturated heterocycles. The van der Waals surface area contributed by atoms with Crippen molar-refractivity contribution in [2.75, 3.05) is 13.2 Å². The Morgan fingerprint density at radius 2 is 1.39 bits per heavy atom. The zero-order valence-corrected chi connectivity index (χ0v) is 16.7. The van der Waals surface area contributed by atoms with Gasteiger partial charge in [-0.25, -0.2) is 0 Å². The Hall–Kier alpha value is -2.62. The molecule has 146 valence electrons. The lowest BCUT2D eigenvalue weighted by Gasteiger charge is -2.25. The maximum atomic E-state index is 10.6. The molecule has 0 amide bonds. The van der Waals surface area contributed by atoms with E-state index in [1.807, 2.05) is 37.3 Å². The van der Waals surface area contributed by atoms with Gasteiger partial charge in [0.25, 0.3) is 0 Å². The van der Waals surface area contributed by atoms with Crippen molar-refractivity contribution in [3.63, 3.8) is 0 Å². The molecule has 0 aliphatic carbocycles. The van der Waals surface area contributed by atoms with Crippen molar-refractivity contribution >= 4 is 0 Å². The summed E-state index contributed by atoms with van der Waals surface area (Å²) in [5, 5.41) is 10.6. The van der Waals surface area contributed by atoms with E-state index in [0.29, 0.717) is 6.54 Å². The predicted octanol–water partition coefficient (Wildman–Crippen LogP) is 4.75. The molecule has 0 fully saturated rings. The largest absolute Gasteiger partial charge is 0.491 e. The lowest BCUT2D eigenvalue weighted by atomic mass is 10.1. The Kier molecular flexibility index (Phi) is 7.24. The van der Waals surface area contributed by atoms with Crippen molar-refractivity contribution in [3.8, 4) is 5.75 Å². The van der Waals surface area contributed by atoms with E-state index in [0.717, 1.165) is 24.4 Å². The number of nitrogens with zero attached hydrogens (tertiary/aromatic N) is 1. The minimum Gasteiger partial charge on any atom is -0.491 e. The van der Waals surface area contributed by atoms with Crippen LogP contribution < -0.4 is 4.74 Å². The van der Waals surface area contributed by atoms with Crippen molar-refractivity contribution < 1.29 is 9.84 Å². The summed E-state index contributed by atoms with van der Waals surface area (Å²) < 4.78 is 5.84. The van der Waals surface area contributed by atoms with E-state index in [2.05, 4.69) is 60.4 Å². The smallest absolute Gasteiger partial charge is 0.122 e. The number of hydrogen-bond donors (Lipinski definition) is 1. The van der Waals surface area contributed by atoms with Gasteiger partial charge in [0.1, 0.15) is 18.5 Å². The molecule has 0 saturated carbocycles. The Morgan fingerprint density at radius 3 is 2.07 bits per heavy atom. The summed E-state index contributed by atoms with van der Waals surface area (Å²) in [4.78, 5) is 2.27. The number of aliphatic hydroxyl groups is 1. The maximum Gasteiger partial charge on any atom is 0.122 e. The fourth-order valence-electron chi connectivity index (χ4n) is 3.23. The first-order chi connectivity index (χ1) is 13.6. The molecule has 3 rings (SSSR count). The van der Waals surface area contributed by atoms with Gasteiger partial charge in [-0.15, -0.1) is 0 Å². The molecule has 3 nitrogen and oxygen atoms in total.